The van der Waals surface area contributed by atoms with Crippen molar-refractivity contribution in [3.8, 4) is 0 Å². The van der Waals surface area contributed by atoms with Gasteiger partial charge in [0, 0.05) is 22.1 Å². The number of rotatable bonds is 2. The van der Waals surface area contributed by atoms with Crippen LogP contribution in [0.2, 0.25) is 0 Å². The lowest BCUT2D eigenvalue weighted by Gasteiger charge is -1.91. The number of nitrogens with one attached hydrogen (secondary N) is 2. The number of aliphatic carboxylic acids is 1. The van der Waals surface area contributed by atoms with Crippen molar-refractivity contribution in [2.24, 2.45) is 0 Å². The quantitative estimate of drug-likeness (QED) is 0.433. The van der Waals surface area contributed by atoms with E-state index in [9.17, 15) is 9.90 Å². The summed E-state index contributed by atoms with van der Waals surface area (Å²) >= 11 is 0. The number of hydrogen-bond donors (Lipinski definition) is 3. The van der Waals surface area contributed by atoms with E-state index in [4.69, 9.17) is 0 Å². The molecule has 0 unspecified atom stereocenters. The highest BCUT2D eigenvalue weighted by Gasteiger charge is 2.08. The molecule has 3 aromatic rings. The Kier molecular flexibility index (Phi) is 3.69. The zero-order chi connectivity index (χ0) is 19.1. The SMILES string of the molecule is O=C(O)Cc1cc2cc3nc(cc4ccc(cc5nc(cc1[nH]2)C=C5)[nH]4)C=C3. The third kappa shape index (κ3) is 3.23. The minimum atomic E-state index is -0.874. The third-order valence-electron chi connectivity index (χ3n) is 4.60. The summed E-state index contributed by atoms with van der Waals surface area (Å²) in [6.45, 7) is 0. The van der Waals surface area contributed by atoms with Crippen LogP contribution in [0.4, 0.5) is 0 Å². The maximum absolute atomic E-state index is 11.3. The number of nitrogens with zero attached hydrogens (tertiary/aromatic N) is 2. The molecule has 0 aromatic carbocycles. The molecule has 0 fully saturated rings. The fourth-order valence-corrected chi connectivity index (χ4v) is 3.39. The number of carboxylic acids is 1. The van der Waals surface area contributed by atoms with E-state index in [-0.39, 0.29) is 6.42 Å². The van der Waals surface area contributed by atoms with Gasteiger partial charge in [0.15, 0.2) is 0 Å². The monoisotopic (exact) mass is 368 g/mol. The maximum atomic E-state index is 11.3. The van der Waals surface area contributed by atoms with Crippen molar-refractivity contribution in [3.63, 3.8) is 0 Å². The Labute approximate surface area is 159 Å². The van der Waals surface area contributed by atoms with E-state index >= 15 is 0 Å². The average Bonchev–Trinajstić information content (AvgIpc) is 3.40. The number of H-pyrrole nitrogens is 2. The van der Waals surface area contributed by atoms with Crippen molar-refractivity contribution in [1.29, 1.82) is 0 Å². The van der Waals surface area contributed by atoms with Crippen LogP contribution in [-0.2, 0) is 11.2 Å². The van der Waals surface area contributed by atoms with Crippen molar-refractivity contribution in [2.75, 3.05) is 0 Å². The predicted octanol–water partition coefficient (Wildman–Crippen LogP) is 4.28. The second-order valence-corrected chi connectivity index (χ2v) is 6.77. The molecule has 5 heterocycles. The summed E-state index contributed by atoms with van der Waals surface area (Å²) < 4.78 is 0. The molecule has 0 aliphatic carbocycles. The number of carbonyl (C=O) groups is 1. The standard InChI is InChI=1S/C22H16N4O2/c27-22(28)8-13-7-20-11-18-4-3-16(24-18)9-14-1-2-15(23-14)10-17-5-6-19(25-17)12-21(13)26-20/h1-7,9-12,23,26H,8H2,(H,27,28). The van der Waals surface area contributed by atoms with Gasteiger partial charge >= 0.3 is 5.97 Å². The molecule has 6 nitrogen and oxygen atoms in total. The van der Waals surface area contributed by atoms with Gasteiger partial charge in [0.25, 0.3) is 0 Å². The van der Waals surface area contributed by atoms with Crippen LogP contribution < -0.4 is 0 Å². The summed E-state index contributed by atoms with van der Waals surface area (Å²) in [4.78, 5) is 27.1. The van der Waals surface area contributed by atoms with Gasteiger partial charge in [0.1, 0.15) is 0 Å². The minimum Gasteiger partial charge on any atom is -0.481 e. The summed E-state index contributed by atoms with van der Waals surface area (Å²) in [5.74, 6) is -0.874. The van der Waals surface area contributed by atoms with Gasteiger partial charge in [-0.1, -0.05) is 0 Å². The van der Waals surface area contributed by atoms with Crippen LogP contribution in [0.25, 0.3) is 46.4 Å². The highest BCUT2D eigenvalue weighted by Crippen LogP contribution is 2.20. The second kappa shape index (κ2) is 6.35. The first-order valence-electron chi connectivity index (χ1n) is 8.90. The highest BCUT2D eigenvalue weighted by molar-refractivity contribution is 5.81. The molecule has 0 radical (unpaired) electrons. The van der Waals surface area contributed by atoms with E-state index in [1.165, 1.54) is 0 Å². The minimum absolute atomic E-state index is 0.0612. The summed E-state index contributed by atoms with van der Waals surface area (Å²) in [6.07, 6.45) is 7.68. The Bertz CT molecular complexity index is 1330. The lowest BCUT2D eigenvalue weighted by molar-refractivity contribution is -0.136. The van der Waals surface area contributed by atoms with Crippen molar-refractivity contribution >= 4 is 52.3 Å². The van der Waals surface area contributed by atoms with Gasteiger partial charge < -0.3 is 15.1 Å². The molecule has 136 valence electrons. The molecule has 0 saturated carbocycles. The number of aromatic amines is 2. The molecule has 6 heteroatoms. The van der Waals surface area contributed by atoms with E-state index in [1.807, 2.05) is 66.8 Å². The number of aromatic nitrogens is 4. The first-order chi connectivity index (χ1) is 13.6. The van der Waals surface area contributed by atoms with E-state index < -0.39 is 5.97 Å². The Hall–Kier alpha value is -3.93. The van der Waals surface area contributed by atoms with E-state index in [2.05, 4.69) is 19.9 Å². The van der Waals surface area contributed by atoms with Gasteiger partial charge in [-0.3, -0.25) is 4.79 Å². The van der Waals surface area contributed by atoms with Crippen LogP contribution in [0, 0.1) is 0 Å². The lowest BCUT2D eigenvalue weighted by atomic mass is 10.2. The van der Waals surface area contributed by atoms with Crippen LogP contribution >= 0.6 is 0 Å². The summed E-state index contributed by atoms with van der Waals surface area (Å²) in [7, 11) is 0. The summed E-state index contributed by atoms with van der Waals surface area (Å²) in [6, 6.07) is 13.6. The van der Waals surface area contributed by atoms with Crippen molar-refractivity contribution in [2.45, 2.75) is 6.42 Å². The predicted molar refractivity (Wildman–Crippen MR) is 110 cm³/mol. The normalized spacial score (nSPS) is 12.4. The van der Waals surface area contributed by atoms with Crippen LogP contribution in [0.3, 0.4) is 0 Å². The lowest BCUT2D eigenvalue weighted by Crippen LogP contribution is -1.98. The van der Waals surface area contributed by atoms with E-state index in [0.717, 1.165) is 44.8 Å². The molecule has 0 spiro atoms. The number of fused-ring (bicyclic) bond motifs is 8. The third-order valence-corrected chi connectivity index (χ3v) is 4.60. The fraction of sp³-hybridized carbons (Fsp3) is 0.0455. The summed E-state index contributed by atoms with van der Waals surface area (Å²) in [5.41, 5.74) is 7.44. The molecule has 2 aliphatic heterocycles. The first kappa shape index (κ1) is 16.3. The maximum Gasteiger partial charge on any atom is 0.307 e. The van der Waals surface area contributed by atoms with Gasteiger partial charge in [0.05, 0.1) is 29.2 Å². The van der Waals surface area contributed by atoms with Crippen molar-refractivity contribution in [3.05, 3.63) is 70.8 Å². The van der Waals surface area contributed by atoms with Gasteiger partial charge in [0.2, 0.25) is 0 Å². The van der Waals surface area contributed by atoms with Crippen LogP contribution in [0.15, 0.2) is 42.5 Å². The molecule has 3 aromatic heterocycles. The fourth-order valence-electron chi connectivity index (χ4n) is 3.39. The van der Waals surface area contributed by atoms with Gasteiger partial charge in [-0.25, -0.2) is 9.97 Å². The Morgan fingerprint density at radius 3 is 1.86 bits per heavy atom. The highest BCUT2D eigenvalue weighted by atomic mass is 16.4. The summed E-state index contributed by atoms with van der Waals surface area (Å²) in [5, 5.41) is 9.24. The molecule has 0 saturated heterocycles. The van der Waals surface area contributed by atoms with Gasteiger partial charge in [-0.05, 0) is 72.3 Å². The van der Waals surface area contributed by atoms with Gasteiger partial charge in [-0.2, -0.15) is 0 Å². The molecular weight excluding hydrogens is 352 g/mol. The largest absolute Gasteiger partial charge is 0.481 e. The molecular formula is C22H16N4O2. The number of hydrogen-bond acceptors (Lipinski definition) is 3. The molecule has 0 amide bonds. The second-order valence-electron chi connectivity index (χ2n) is 6.77. The van der Waals surface area contributed by atoms with Crippen LogP contribution in [-0.4, -0.2) is 31.0 Å². The van der Waals surface area contributed by atoms with Crippen molar-refractivity contribution < 1.29 is 9.90 Å². The molecule has 3 N–H and O–H groups in total. The molecule has 2 aliphatic rings. The molecule has 28 heavy (non-hydrogen) atoms. The van der Waals surface area contributed by atoms with Crippen molar-refractivity contribution in [1.82, 2.24) is 19.9 Å². The Balaban J connectivity index is 1.83. The Morgan fingerprint density at radius 2 is 1.29 bits per heavy atom. The first-order valence-corrected chi connectivity index (χ1v) is 8.90. The van der Waals surface area contributed by atoms with Gasteiger partial charge in [-0.15, -0.1) is 0 Å². The van der Waals surface area contributed by atoms with E-state index in [1.54, 1.807) is 0 Å². The Morgan fingerprint density at radius 1 is 0.750 bits per heavy atom. The van der Waals surface area contributed by atoms with Crippen LogP contribution in [0.1, 0.15) is 28.3 Å². The average molecular weight is 368 g/mol. The molecule has 5 rings (SSSR count). The molecule has 8 bridgehead atoms. The number of carboxylic acid groups (broad SMARTS) is 1. The van der Waals surface area contributed by atoms with Crippen LogP contribution in [0.5, 0.6) is 0 Å². The van der Waals surface area contributed by atoms with E-state index in [0.29, 0.717) is 5.56 Å². The zero-order valence-corrected chi connectivity index (χ0v) is 14.8. The molecule has 0 atom stereocenters. The zero-order valence-electron chi connectivity index (χ0n) is 14.8. The smallest absolute Gasteiger partial charge is 0.307 e. The topological polar surface area (TPSA) is 94.7 Å².